The number of carbonyl (C=O) groups excluding carboxylic acids is 14. The number of carboxylic acids is 1. The van der Waals surface area contributed by atoms with E-state index >= 15 is 0 Å². The topological polar surface area (TPSA) is 594 Å². The normalized spacial score (nSPS) is 16.3. The van der Waals surface area contributed by atoms with Crippen molar-refractivity contribution in [2.75, 3.05) is 37.7 Å². The molecule has 15 atom stereocenters. The molecule has 0 aliphatic carbocycles. The number of aliphatic carboxylic acids is 1. The summed E-state index contributed by atoms with van der Waals surface area (Å²) < 4.78 is 0. The number of phenols is 1. The molecule has 14 amide bonds. The van der Waals surface area contributed by atoms with Crippen LogP contribution >= 0.6 is 25.3 Å². The fourth-order valence-corrected chi connectivity index (χ4v) is 13.4. The van der Waals surface area contributed by atoms with Crippen molar-refractivity contribution in [3.05, 3.63) is 65.7 Å². The molecule has 0 bridgehead atoms. The van der Waals surface area contributed by atoms with Gasteiger partial charge in [-0.05, 0) is 163 Å². The number of nitrogens with zero attached hydrogens (tertiary/aromatic N) is 1. The SMILES string of the molecule is CC(C)C[C@H](NC(=O)[C@H](CCCCN)NC(=O)[C@H](CC(N)=O)NC(=O)[C@H](CS)NC(=O)[C@H](CCCCN)NC(=O)[C@@H](N)CC(C)C)C(=O)N[C@H](C(=O)N1CCC[C@H]1C(=O)N[C@@H](CC(C)C)C(=O)N[C@@H](Cc1ccccc1)C(=O)N[C@@H](Cc1ccc(O)cc1)C(=O)N[C@@H](CCCCN)C(=O)N[C@H](C(=O)N[C@@H](CS)C(=O)O)[C@@H](C)O)C(C)C. The van der Waals surface area contributed by atoms with Crippen molar-refractivity contribution >= 4 is 114 Å². The number of benzene rings is 2. The number of likely N-dealkylation sites (tertiary alicyclic amines) is 1. The van der Waals surface area contributed by atoms with Gasteiger partial charge in [0.15, 0.2) is 0 Å². The molecule has 650 valence electrons. The first-order valence-corrected chi connectivity index (χ1v) is 41.1. The minimum atomic E-state index is -1.72. The van der Waals surface area contributed by atoms with E-state index in [-0.39, 0.29) is 119 Å². The lowest BCUT2D eigenvalue weighted by Gasteiger charge is -2.33. The van der Waals surface area contributed by atoms with Gasteiger partial charge in [0.25, 0.3) is 0 Å². The number of hydrogen-bond donors (Lipinski definition) is 22. The maximum atomic E-state index is 15.0. The number of carbonyl (C=O) groups is 15. The first kappa shape index (κ1) is 101. The van der Waals surface area contributed by atoms with Gasteiger partial charge in [-0.25, -0.2) is 4.79 Å². The minimum Gasteiger partial charge on any atom is -0.508 e. The average molecular weight is 1670 g/mol. The number of carboxylic acid groups (broad SMARTS) is 1. The summed E-state index contributed by atoms with van der Waals surface area (Å²) in [6.07, 6.45) is 0.242. The fraction of sp³-hybridized carbons (Fsp3) is 0.654. The second-order valence-corrected chi connectivity index (χ2v) is 31.8. The number of aromatic hydroxyl groups is 1. The van der Waals surface area contributed by atoms with Crippen molar-refractivity contribution in [1.82, 2.24) is 68.7 Å². The average Bonchev–Trinajstić information content (AvgIpc) is 1.85. The third-order valence-corrected chi connectivity index (χ3v) is 19.9. The van der Waals surface area contributed by atoms with Crippen LogP contribution in [-0.2, 0) is 84.8 Å². The Bertz CT molecular complexity index is 3550. The molecule has 116 heavy (non-hydrogen) atoms. The number of hydrogen-bond acceptors (Lipinski definition) is 23. The highest BCUT2D eigenvalue weighted by atomic mass is 32.1. The molecule has 3 rings (SSSR count). The standard InChI is InChI=1S/C78H128N18O18S2/c1-42(2)34-50(82)65(100)84-51(22-13-16-30-79)67(102)92-59(40-115)74(109)90-58(39-62(83)99)72(107)85-52(23-14-17-31-80)66(101)87-55(36-44(5)6)73(108)94-63(45(7)8)77(112)96-33-19-25-61(96)75(110)91-54(35-43(3)4)69(104)88-56(37-47-20-11-10-12-21-47)71(106)89-57(38-48-26-28-49(98)29-27-48)70(105)86-53(24-15-18-32-81)68(103)95-64(46(9)97)76(111)93-60(41-116)78(113)114/h10-12,20-21,26-29,42-46,50-61,63-64,97-98,115-116H,13-19,22-25,30-41,79-82H2,1-9H3,(H2,83,99)(H,84,100)(H,85,107)(H,86,105)(H,87,101)(H,88,104)(H,89,106)(H,90,109)(H,91,110)(H,92,102)(H,93,111)(H,94,108)(H,95,103)(H,113,114)/t46-,50+,51+,52+,53+,54+,55+,56+,57+,58+,59+,60+,61+,63+,64+/m1/s1. The number of phenolic OH excluding ortho intramolecular Hbond substituents is 1. The number of primary amides is 1. The van der Waals surface area contributed by atoms with Crippen molar-refractivity contribution in [2.24, 2.45) is 52.3 Å². The number of aliphatic hydroxyl groups is 1. The molecule has 38 heteroatoms. The molecule has 2 aromatic carbocycles. The highest BCUT2D eigenvalue weighted by Crippen LogP contribution is 2.23. The number of amides is 14. The Morgan fingerprint density at radius 2 is 0.810 bits per heavy atom. The van der Waals surface area contributed by atoms with Crippen LogP contribution in [-0.4, -0.2) is 237 Å². The van der Waals surface area contributed by atoms with Gasteiger partial charge in [-0.1, -0.05) is 97.9 Å². The van der Waals surface area contributed by atoms with E-state index in [1.165, 1.54) is 36.1 Å². The Morgan fingerprint density at radius 1 is 0.440 bits per heavy atom. The van der Waals surface area contributed by atoms with Gasteiger partial charge in [0.1, 0.15) is 84.3 Å². The van der Waals surface area contributed by atoms with Gasteiger partial charge < -0.3 is 113 Å². The Kier molecular flexibility index (Phi) is 45.7. The predicted molar refractivity (Wildman–Crippen MR) is 441 cm³/mol. The largest absolute Gasteiger partial charge is 0.508 e. The molecular formula is C78H128N18O18S2. The summed E-state index contributed by atoms with van der Waals surface area (Å²) in [6.45, 7) is 16.1. The molecule has 0 spiro atoms. The maximum absolute atomic E-state index is 15.0. The molecule has 1 saturated heterocycles. The van der Waals surface area contributed by atoms with Crippen LogP contribution in [0, 0.1) is 23.7 Å². The quantitative estimate of drug-likeness (QED) is 0.0244. The summed E-state index contributed by atoms with van der Waals surface area (Å²) in [6, 6.07) is -5.32. The molecule has 2 aromatic rings. The van der Waals surface area contributed by atoms with Gasteiger partial charge >= 0.3 is 5.97 Å². The molecule has 1 aliphatic heterocycles. The maximum Gasteiger partial charge on any atom is 0.327 e. The summed E-state index contributed by atoms with van der Waals surface area (Å²) >= 11 is 8.24. The predicted octanol–water partition coefficient (Wildman–Crippen LogP) is -2.31. The molecule has 1 aliphatic rings. The van der Waals surface area contributed by atoms with E-state index in [0.29, 0.717) is 56.2 Å². The first-order valence-electron chi connectivity index (χ1n) is 39.8. The summed E-state index contributed by atoms with van der Waals surface area (Å²) in [5, 5.41) is 61.8. The zero-order valence-electron chi connectivity index (χ0n) is 68.1. The zero-order valence-corrected chi connectivity index (χ0v) is 69.9. The first-order chi connectivity index (χ1) is 54.8. The molecule has 0 unspecified atom stereocenters. The van der Waals surface area contributed by atoms with E-state index in [0.717, 1.165) is 0 Å². The smallest absolute Gasteiger partial charge is 0.327 e. The van der Waals surface area contributed by atoms with Crippen LogP contribution in [0.25, 0.3) is 0 Å². The molecule has 0 saturated carbocycles. The fourth-order valence-electron chi connectivity index (χ4n) is 12.9. The summed E-state index contributed by atoms with van der Waals surface area (Å²) in [7, 11) is 0. The van der Waals surface area contributed by atoms with E-state index < -0.39 is 192 Å². The lowest BCUT2D eigenvalue weighted by molar-refractivity contribution is -0.143. The summed E-state index contributed by atoms with van der Waals surface area (Å²) in [4.78, 5) is 212. The summed E-state index contributed by atoms with van der Waals surface area (Å²) in [5.74, 6) is -15.5. The van der Waals surface area contributed by atoms with Crippen LogP contribution in [0.5, 0.6) is 5.75 Å². The number of unbranched alkanes of at least 4 members (excludes halogenated alkanes) is 3. The van der Waals surface area contributed by atoms with E-state index in [1.807, 2.05) is 13.8 Å². The zero-order chi connectivity index (χ0) is 87.1. The van der Waals surface area contributed by atoms with E-state index in [9.17, 15) is 87.2 Å². The number of thiol groups is 2. The summed E-state index contributed by atoms with van der Waals surface area (Å²) in [5.41, 5.74) is 30.0. The number of rotatable bonds is 54. The third kappa shape index (κ3) is 35.7. The highest BCUT2D eigenvalue weighted by Gasteiger charge is 2.43. The van der Waals surface area contributed by atoms with Crippen LogP contribution in [0.15, 0.2) is 54.6 Å². The van der Waals surface area contributed by atoms with Gasteiger partial charge in [0.05, 0.1) is 18.6 Å². The van der Waals surface area contributed by atoms with Gasteiger partial charge in [-0.3, -0.25) is 67.1 Å². The molecule has 25 N–H and O–H groups in total. The molecule has 0 aromatic heterocycles. The molecule has 1 fully saturated rings. The monoisotopic (exact) mass is 1670 g/mol. The second-order valence-electron chi connectivity index (χ2n) is 31.0. The van der Waals surface area contributed by atoms with Crippen LogP contribution in [0.4, 0.5) is 0 Å². The van der Waals surface area contributed by atoms with Gasteiger partial charge in [0.2, 0.25) is 82.7 Å². The third-order valence-electron chi connectivity index (χ3n) is 19.2. The number of nitrogens with one attached hydrogen (secondary N) is 12. The molecule has 36 nitrogen and oxygen atoms in total. The molecule has 1 heterocycles. The van der Waals surface area contributed by atoms with E-state index in [2.05, 4.69) is 89.1 Å². The Balaban J connectivity index is 1.96. The van der Waals surface area contributed by atoms with Crippen molar-refractivity contribution in [3.63, 3.8) is 0 Å². The minimum absolute atomic E-state index is 0.00235. The van der Waals surface area contributed by atoms with E-state index in [4.69, 9.17) is 28.7 Å². The molecular weight excluding hydrogens is 1540 g/mol. The van der Waals surface area contributed by atoms with Crippen molar-refractivity contribution in [3.8, 4) is 5.75 Å². The van der Waals surface area contributed by atoms with E-state index in [1.54, 1.807) is 71.9 Å². The number of aliphatic hydroxyl groups excluding tert-OH is 1. The van der Waals surface area contributed by atoms with Gasteiger partial charge in [-0.15, -0.1) is 0 Å². The van der Waals surface area contributed by atoms with Crippen LogP contribution in [0.3, 0.4) is 0 Å². The van der Waals surface area contributed by atoms with Gasteiger partial charge in [-0.2, -0.15) is 25.3 Å². The van der Waals surface area contributed by atoms with Crippen LogP contribution in [0.1, 0.15) is 170 Å². The van der Waals surface area contributed by atoms with Crippen molar-refractivity contribution in [1.29, 1.82) is 0 Å². The number of nitrogens with two attached hydrogens (primary N) is 5. The highest BCUT2D eigenvalue weighted by molar-refractivity contribution is 7.80. The van der Waals surface area contributed by atoms with Crippen LogP contribution in [0.2, 0.25) is 0 Å². The van der Waals surface area contributed by atoms with Crippen LogP contribution < -0.4 is 92.5 Å². The van der Waals surface area contributed by atoms with Crippen molar-refractivity contribution in [2.45, 2.75) is 262 Å². The lowest BCUT2D eigenvalue weighted by Crippen LogP contribution is -2.62. The Hall–Kier alpha value is -9.21. The Labute approximate surface area is 690 Å². The molecule has 0 radical (unpaired) electrons. The Morgan fingerprint density at radius 3 is 1.25 bits per heavy atom. The van der Waals surface area contributed by atoms with Gasteiger partial charge in [0, 0.05) is 30.9 Å². The second kappa shape index (κ2) is 52.5. The van der Waals surface area contributed by atoms with Crippen molar-refractivity contribution < 1.29 is 87.2 Å². The lowest BCUT2D eigenvalue weighted by atomic mass is 9.98.